The molecule has 1 aliphatic rings. The van der Waals surface area contributed by atoms with Crippen molar-refractivity contribution in [2.24, 2.45) is 17.8 Å². The van der Waals surface area contributed by atoms with E-state index in [0.717, 1.165) is 18.4 Å². The number of aliphatic carboxylic acids is 1. The molecule has 0 amide bonds. The smallest absolute Gasteiger partial charge is 0.320 e. The van der Waals surface area contributed by atoms with E-state index in [0.29, 0.717) is 5.92 Å². The van der Waals surface area contributed by atoms with Gasteiger partial charge < -0.3 is 10.4 Å². The molecule has 0 unspecified atom stereocenters. The van der Waals surface area contributed by atoms with E-state index in [1.54, 1.807) is 6.92 Å². The third-order valence-electron chi connectivity index (χ3n) is 3.92. The molecule has 94 valence electrons. The van der Waals surface area contributed by atoms with Gasteiger partial charge in [-0.2, -0.15) is 0 Å². The predicted octanol–water partition coefficient (Wildman–Crippen LogP) is 2.51. The third-order valence-corrected chi connectivity index (χ3v) is 3.92. The Morgan fingerprint density at radius 2 is 1.81 bits per heavy atom. The standard InChI is InChI=1S/C13H25NO2/c1-9(2)12-6-4-11(5-7-12)8-14-10(3)13(15)16/h9-12,14H,4-8H2,1-3H3,(H,15,16)/t10-,11?,12?/m0/s1. The van der Waals surface area contributed by atoms with Crippen LogP contribution in [0.3, 0.4) is 0 Å². The van der Waals surface area contributed by atoms with Crippen LogP contribution in [0.5, 0.6) is 0 Å². The highest BCUT2D eigenvalue weighted by Crippen LogP contribution is 2.32. The number of carbonyl (C=O) groups is 1. The SMILES string of the molecule is CC(C)C1CCC(CN[C@@H](C)C(=O)O)CC1. The lowest BCUT2D eigenvalue weighted by molar-refractivity contribution is -0.139. The molecule has 1 rings (SSSR count). The van der Waals surface area contributed by atoms with Crippen molar-refractivity contribution in [1.29, 1.82) is 0 Å². The van der Waals surface area contributed by atoms with Gasteiger partial charge in [0.25, 0.3) is 0 Å². The molecule has 1 atom stereocenters. The predicted molar refractivity (Wildman–Crippen MR) is 65.4 cm³/mol. The van der Waals surface area contributed by atoms with Crippen LogP contribution in [0.25, 0.3) is 0 Å². The molecular formula is C13H25NO2. The van der Waals surface area contributed by atoms with Crippen molar-refractivity contribution in [3.8, 4) is 0 Å². The Morgan fingerprint density at radius 1 is 1.25 bits per heavy atom. The van der Waals surface area contributed by atoms with Crippen molar-refractivity contribution >= 4 is 5.97 Å². The second kappa shape index (κ2) is 6.24. The van der Waals surface area contributed by atoms with Gasteiger partial charge in [-0.1, -0.05) is 13.8 Å². The molecule has 1 fully saturated rings. The van der Waals surface area contributed by atoms with Gasteiger partial charge in [0, 0.05) is 0 Å². The fourth-order valence-corrected chi connectivity index (χ4v) is 2.49. The maximum absolute atomic E-state index is 10.7. The maximum Gasteiger partial charge on any atom is 0.320 e. The van der Waals surface area contributed by atoms with E-state index in [1.807, 2.05) is 0 Å². The maximum atomic E-state index is 10.7. The highest BCUT2D eigenvalue weighted by atomic mass is 16.4. The first kappa shape index (κ1) is 13.5. The van der Waals surface area contributed by atoms with Crippen molar-refractivity contribution in [3.63, 3.8) is 0 Å². The Balaban J connectivity index is 2.20. The summed E-state index contributed by atoms with van der Waals surface area (Å²) in [5.74, 6) is 1.60. The fourth-order valence-electron chi connectivity index (χ4n) is 2.49. The number of nitrogens with one attached hydrogen (secondary N) is 1. The van der Waals surface area contributed by atoms with Gasteiger partial charge >= 0.3 is 5.97 Å². The van der Waals surface area contributed by atoms with Crippen molar-refractivity contribution in [2.45, 2.75) is 52.5 Å². The first-order valence-corrected chi connectivity index (χ1v) is 6.47. The van der Waals surface area contributed by atoms with Gasteiger partial charge in [-0.25, -0.2) is 0 Å². The summed E-state index contributed by atoms with van der Waals surface area (Å²) in [6, 6.07) is -0.414. The summed E-state index contributed by atoms with van der Waals surface area (Å²) < 4.78 is 0. The summed E-state index contributed by atoms with van der Waals surface area (Å²) in [4.78, 5) is 10.7. The third kappa shape index (κ3) is 4.12. The monoisotopic (exact) mass is 227 g/mol. The van der Waals surface area contributed by atoms with Crippen LogP contribution in [0.4, 0.5) is 0 Å². The van der Waals surface area contributed by atoms with Gasteiger partial charge in [0.2, 0.25) is 0 Å². The van der Waals surface area contributed by atoms with Crippen LogP contribution in [0, 0.1) is 17.8 Å². The van der Waals surface area contributed by atoms with Gasteiger partial charge in [0.1, 0.15) is 6.04 Å². The molecule has 0 aromatic heterocycles. The summed E-state index contributed by atoms with van der Waals surface area (Å²) in [6.07, 6.45) is 5.13. The Labute approximate surface area is 98.6 Å². The Hall–Kier alpha value is -0.570. The van der Waals surface area contributed by atoms with Crippen LogP contribution in [-0.2, 0) is 4.79 Å². The number of carboxylic acids is 1. The molecule has 0 saturated heterocycles. The molecule has 16 heavy (non-hydrogen) atoms. The molecule has 0 spiro atoms. The van der Waals surface area contributed by atoms with E-state index in [4.69, 9.17) is 5.11 Å². The van der Waals surface area contributed by atoms with Crippen molar-refractivity contribution in [3.05, 3.63) is 0 Å². The van der Waals surface area contributed by atoms with Crippen LogP contribution in [-0.4, -0.2) is 23.7 Å². The molecule has 3 heteroatoms. The van der Waals surface area contributed by atoms with Gasteiger partial charge in [-0.3, -0.25) is 4.79 Å². The Morgan fingerprint density at radius 3 is 2.25 bits per heavy atom. The van der Waals surface area contributed by atoms with E-state index in [9.17, 15) is 4.79 Å². The van der Waals surface area contributed by atoms with E-state index in [2.05, 4.69) is 19.2 Å². The Bertz CT molecular complexity index is 220. The molecule has 0 heterocycles. The lowest BCUT2D eigenvalue weighted by atomic mass is 9.77. The number of hydrogen-bond acceptors (Lipinski definition) is 2. The van der Waals surface area contributed by atoms with Crippen LogP contribution in [0.1, 0.15) is 46.5 Å². The molecule has 0 aromatic rings. The summed E-state index contributed by atoms with van der Waals surface area (Å²) in [6.45, 7) is 7.17. The van der Waals surface area contributed by atoms with Crippen molar-refractivity contribution in [1.82, 2.24) is 5.32 Å². The van der Waals surface area contributed by atoms with E-state index in [1.165, 1.54) is 25.7 Å². The molecule has 2 N–H and O–H groups in total. The summed E-state index contributed by atoms with van der Waals surface area (Å²) in [5, 5.41) is 11.9. The summed E-state index contributed by atoms with van der Waals surface area (Å²) in [7, 11) is 0. The van der Waals surface area contributed by atoms with Gasteiger partial charge in [0.05, 0.1) is 0 Å². The molecule has 0 aromatic carbocycles. The van der Waals surface area contributed by atoms with Gasteiger partial charge in [-0.05, 0) is 56.9 Å². The minimum atomic E-state index is -0.754. The average Bonchev–Trinajstić information content (AvgIpc) is 2.26. The van der Waals surface area contributed by atoms with E-state index >= 15 is 0 Å². The number of hydrogen-bond donors (Lipinski definition) is 2. The Kier molecular flexibility index (Phi) is 5.26. The quantitative estimate of drug-likeness (QED) is 0.758. The first-order valence-electron chi connectivity index (χ1n) is 6.47. The highest BCUT2D eigenvalue weighted by molar-refractivity contribution is 5.72. The number of carboxylic acid groups (broad SMARTS) is 1. The second-order valence-corrected chi connectivity index (χ2v) is 5.49. The molecule has 0 radical (unpaired) electrons. The fraction of sp³-hybridized carbons (Fsp3) is 0.923. The van der Waals surface area contributed by atoms with E-state index < -0.39 is 12.0 Å². The minimum Gasteiger partial charge on any atom is -0.480 e. The summed E-state index contributed by atoms with van der Waals surface area (Å²) >= 11 is 0. The highest BCUT2D eigenvalue weighted by Gasteiger charge is 2.23. The van der Waals surface area contributed by atoms with E-state index in [-0.39, 0.29) is 0 Å². The molecule has 1 saturated carbocycles. The average molecular weight is 227 g/mol. The molecule has 0 bridgehead atoms. The number of rotatable bonds is 5. The first-order chi connectivity index (χ1) is 7.50. The molecule has 3 nitrogen and oxygen atoms in total. The molecule has 0 aliphatic heterocycles. The van der Waals surface area contributed by atoms with Crippen LogP contribution < -0.4 is 5.32 Å². The van der Waals surface area contributed by atoms with Gasteiger partial charge in [0.15, 0.2) is 0 Å². The van der Waals surface area contributed by atoms with Crippen LogP contribution in [0.15, 0.2) is 0 Å². The normalized spacial score (nSPS) is 28.0. The minimum absolute atomic E-state index is 0.414. The molecule has 1 aliphatic carbocycles. The molecular weight excluding hydrogens is 202 g/mol. The lowest BCUT2D eigenvalue weighted by Gasteiger charge is -2.31. The zero-order chi connectivity index (χ0) is 12.1. The van der Waals surface area contributed by atoms with Crippen LogP contribution >= 0.6 is 0 Å². The van der Waals surface area contributed by atoms with Gasteiger partial charge in [-0.15, -0.1) is 0 Å². The van der Waals surface area contributed by atoms with Crippen LogP contribution in [0.2, 0.25) is 0 Å². The topological polar surface area (TPSA) is 49.3 Å². The summed E-state index contributed by atoms with van der Waals surface area (Å²) in [5.41, 5.74) is 0. The lowest BCUT2D eigenvalue weighted by Crippen LogP contribution is -2.38. The van der Waals surface area contributed by atoms with Crippen molar-refractivity contribution < 1.29 is 9.90 Å². The van der Waals surface area contributed by atoms with Crippen molar-refractivity contribution in [2.75, 3.05) is 6.54 Å². The zero-order valence-electron chi connectivity index (χ0n) is 10.7. The second-order valence-electron chi connectivity index (χ2n) is 5.49. The zero-order valence-corrected chi connectivity index (χ0v) is 10.7. The largest absolute Gasteiger partial charge is 0.480 e.